The summed E-state index contributed by atoms with van der Waals surface area (Å²) in [5.41, 5.74) is -0.272. The molecule has 0 radical (unpaired) electrons. The maximum Gasteiger partial charge on any atom is 0.288 e. The lowest BCUT2D eigenvalue weighted by atomic mass is 10.2. The summed E-state index contributed by atoms with van der Waals surface area (Å²) in [6.45, 7) is 2.58. The van der Waals surface area contributed by atoms with Crippen LogP contribution in [0.4, 0.5) is 0 Å². The van der Waals surface area contributed by atoms with Gasteiger partial charge in [0.25, 0.3) is 17.4 Å². The minimum atomic E-state index is -0.375. The van der Waals surface area contributed by atoms with Crippen molar-refractivity contribution in [1.82, 2.24) is 34.9 Å². The van der Waals surface area contributed by atoms with E-state index in [1.165, 1.54) is 17.1 Å². The molecular weight excluding hydrogens is 326 g/mol. The molecule has 0 spiro atoms. The van der Waals surface area contributed by atoms with Crippen molar-refractivity contribution in [3.8, 4) is 0 Å². The molecule has 3 rings (SSSR count). The highest BCUT2D eigenvalue weighted by molar-refractivity contribution is 5.93. The van der Waals surface area contributed by atoms with Crippen LogP contribution in [0.15, 0.2) is 17.2 Å². The molecule has 2 amide bonds. The molecule has 1 saturated heterocycles. The van der Waals surface area contributed by atoms with E-state index in [1.54, 1.807) is 18.9 Å². The van der Waals surface area contributed by atoms with E-state index >= 15 is 0 Å². The Hall–Kier alpha value is -3.04. The Morgan fingerprint density at radius 2 is 2.24 bits per heavy atom. The molecule has 1 fully saturated rings. The zero-order valence-electron chi connectivity index (χ0n) is 14.0. The predicted octanol–water partition coefficient (Wildman–Crippen LogP) is -0.759. The van der Waals surface area contributed by atoms with Crippen molar-refractivity contribution in [1.29, 1.82) is 0 Å². The van der Waals surface area contributed by atoms with Crippen molar-refractivity contribution in [2.45, 2.75) is 25.8 Å². The molecule has 3 heterocycles. The number of hydrogen-bond donors (Lipinski definition) is 2. The average Bonchev–Trinajstić information content (AvgIpc) is 3.18. The van der Waals surface area contributed by atoms with Gasteiger partial charge in [0.1, 0.15) is 11.5 Å². The van der Waals surface area contributed by atoms with Gasteiger partial charge >= 0.3 is 0 Å². The van der Waals surface area contributed by atoms with Gasteiger partial charge in [0.05, 0.1) is 6.33 Å². The maximum absolute atomic E-state index is 12.6. The van der Waals surface area contributed by atoms with E-state index in [-0.39, 0.29) is 34.9 Å². The molecule has 2 aromatic rings. The van der Waals surface area contributed by atoms with E-state index in [0.717, 1.165) is 12.8 Å². The second-order valence-electron chi connectivity index (χ2n) is 5.91. The van der Waals surface area contributed by atoms with Crippen LogP contribution < -0.4 is 10.9 Å². The second kappa shape index (κ2) is 6.83. The number of H-pyrrole nitrogens is 1. The lowest BCUT2D eigenvalue weighted by Gasteiger charge is -2.24. The molecule has 0 bridgehead atoms. The number of hydrogen-bond acceptors (Lipinski definition) is 6. The Balaban J connectivity index is 1.66. The van der Waals surface area contributed by atoms with Crippen LogP contribution in [0.25, 0.3) is 0 Å². The van der Waals surface area contributed by atoms with Gasteiger partial charge in [-0.25, -0.2) is 14.6 Å². The maximum atomic E-state index is 12.6. The van der Waals surface area contributed by atoms with Crippen LogP contribution >= 0.6 is 0 Å². The first-order chi connectivity index (χ1) is 12.0. The third-order valence-corrected chi connectivity index (χ3v) is 4.11. The fourth-order valence-electron chi connectivity index (χ4n) is 2.95. The molecule has 0 saturated carbocycles. The molecule has 2 aromatic heterocycles. The second-order valence-corrected chi connectivity index (χ2v) is 5.91. The molecule has 10 heteroatoms. The summed E-state index contributed by atoms with van der Waals surface area (Å²) in [6.07, 6.45) is 2.81. The Morgan fingerprint density at radius 3 is 2.92 bits per heavy atom. The summed E-state index contributed by atoms with van der Waals surface area (Å²) < 4.78 is 1.42. The van der Waals surface area contributed by atoms with E-state index in [0.29, 0.717) is 18.9 Å². The Bertz CT molecular complexity index is 857. The number of amides is 2. The summed E-state index contributed by atoms with van der Waals surface area (Å²) in [5.74, 6) is 0.101. The first-order valence-electron chi connectivity index (χ1n) is 7.97. The summed E-state index contributed by atoms with van der Waals surface area (Å²) >= 11 is 0. The molecule has 1 atom stereocenters. The molecular formula is C15H19N7O3. The van der Waals surface area contributed by atoms with Gasteiger partial charge in [-0.15, -0.1) is 0 Å². The van der Waals surface area contributed by atoms with Crippen molar-refractivity contribution >= 4 is 11.8 Å². The number of carbonyl (C=O) groups is 2. The van der Waals surface area contributed by atoms with Crippen LogP contribution in [0, 0.1) is 6.92 Å². The fraction of sp³-hybridized carbons (Fsp3) is 0.467. The van der Waals surface area contributed by atoms with E-state index in [2.05, 4.69) is 25.4 Å². The quantitative estimate of drug-likeness (QED) is 0.750. The van der Waals surface area contributed by atoms with Gasteiger partial charge < -0.3 is 15.2 Å². The topological polar surface area (TPSA) is 126 Å². The van der Waals surface area contributed by atoms with E-state index in [1.807, 2.05) is 0 Å². The van der Waals surface area contributed by atoms with Gasteiger partial charge in [-0.1, -0.05) is 0 Å². The molecule has 1 unspecified atom stereocenters. The zero-order valence-corrected chi connectivity index (χ0v) is 14.0. The minimum Gasteiger partial charge on any atom is -0.347 e. The van der Waals surface area contributed by atoms with Crippen LogP contribution in [0.2, 0.25) is 0 Å². The number of aromatic nitrogens is 5. The largest absolute Gasteiger partial charge is 0.347 e. The summed E-state index contributed by atoms with van der Waals surface area (Å²) in [7, 11) is 1.65. The minimum absolute atomic E-state index is 0.103. The molecule has 0 aliphatic carbocycles. The average molecular weight is 345 g/mol. The molecule has 1 aliphatic heterocycles. The van der Waals surface area contributed by atoms with Crippen LogP contribution in [0.5, 0.6) is 0 Å². The normalized spacial score (nSPS) is 16.9. The number of rotatable bonds is 4. The standard InChI is InChI=1S/C15H19N7O3/c1-9-19-13(21(2)20-9)14(24)16-7-10-4-3-5-22(10)15(25)11-6-12(23)18-8-17-11/h6,8,10H,3-5,7H2,1-2H3,(H,16,24)(H,17,18,23). The van der Waals surface area contributed by atoms with Crippen LogP contribution in [-0.4, -0.2) is 60.6 Å². The van der Waals surface area contributed by atoms with Gasteiger partial charge in [0, 0.05) is 32.2 Å². The van der Waals surface area contributed by atoms with Crippen molar-refractivity contribution in [2.24, 2.45) is 7.05 Å². The highest BCUT2D eigenvalue weighted by Crippen LogP contribution is 2.18. The lowest BCUT2D eigenvalue weighted by molar-refractivity contribution is 0.0718. The smallest absolute Gasteiger partial charge is 0.288 e. The summed E-state index contributed by atoms with van der Waals surface area (Å²) in [4.78, 5) is 48.2. The number of aryl methyl sites for hydroxylation is 2. The molecule has 10 nitrogen and oxygen atoms in total. The fourth-order valence-corrected chi connectivity index (χ4v) is 2.95. The van der Waals surface area contributed by atoms with Crippen LogP contribution in [0.1, 0.15) is 39.8 Å². The number of nitrogens with one attached hydrogen (secondary N) is 2. The van der Waals surface area contributed by atoms with Crippen LogP contribution in [-0.2, 0) is 7.05 Å². The Kier molecular flexibility index (Phi) is 4.59. The summed E-state index contributed by atoms with van der Waals surface area (Å²) in [6, 6.07) is 1.03. The van der Waals surface area contributed by atoms with Gasteiger partial charge in [0.15, 0.2) is 0 Å². The van der Waals surface area contributed by atoms with Crippen molar-refractivity contribution in [3.05, 3.63) is 40.1 Å². The number of carbonyl (C=O) groups excluding carboxylic acids is 2. The van der Waals surface area contributed by atoms with Gasteiger partial charge in [-0.05, 0) is 19.8 Å². The van der Waals surface area contributed by atoms with Gasteiger partial charge in [0.2, 0.25) is 5.82 Å². The van der Waals surface area contributed by atoms with Crippen LogP contribution in [0.3, 0.4) is 0 Å². The molecule has 2 N–H and O–H groups in total. The number of nitrogens with zero attached hydrogens (tertiary/aromatic N) is 5. The molecule has 0 aromatic carbocycles. The molecule has 25 heavy (non-hydrogen) atoms. The first kappa shape index (κ1) is 16.8. The highest BCUT2D eigenvalue weighted by atomic mass is 16.2. The summed E-state index contributed by atoms with van der Waals surface area (Å²) in [5, 5.41) is 6.84. The zero-order chi connectivity index (χ0) is 18.0. The van der Waals surface area contributed by atoms with E-state index in [4.69, 9.17) is 0 Å². The lowest BCUT2D eigenvalue weighted by Crippen LogP contribution is -2.44. The molecule has 1 aliphatic rings. The number of aromatic amines is 1. The van der Waals surface area contributed by atoms with Crippen molar-refractivity contribution < 1.29 is 9.59 Å². The van der Waals surface area contributed by atoms with E-state index < -0.39 is 0 Å². The highest BCUT2D eigenvalue weighted by Gasteiger charge is 2.30. The van der Waals surface area contributed by atoms with E-state index in [9.17, 15) is 14.4 Å². The van der Waals surface area contributed by atoms with Gasteiger partial charge in [-0.2, -0.15) is 5.10 Å². The van der Waals surface area contributed by atoms with Gasteiger partial charge in [-0.3, -0.25) is 14.4 Å². The van der Waals surface area contributed by atoms with Crippen molar-refractivity contribution in [3.63, 3.8) is 0 Å². The predicted molar refractivity (Wildman–Crippen MR) is 87.0 cm³/mol. The molecule has 132 valence electrons. The monoisotopic (exact) mass is 345 g/mol. The Labute approximate surface area is 143 Å². The third-order valence-electron chi connectivity index (χ3n) is 4.11. The third kappa shape index (κ3) is 3.57. The SMILES string of the molecule is Cc1nc(C(=O)NCC2CCCN2C(=O)c2cc(=O)[nH]cn2)n(C)n1. The van der Waals surface area contributed by atoms with Crippen molar-refractivity contribution in [2.75, 3.05) is 13.1 Å². The number of likely N-dealkylation sites (tertiary alicyclic amines) is 1. The Morgan fingerprint density at radius 1 is 1.44 bits per heavy atom. The first-order valence-corrected chi connectivity index (χ1v) is 7.97.